The minimum absolute atomic E-state index is 0.0251. The number of aliphatic carboxylic acids is 1. The van der Waals surface area contributed by atoms with Crippen LogP contribution in [0.2, 0.25) is 0 Å². The standard InChI is InChI=1S/C22H22N2O7/c23-20(27)16(9-10-18(25)26)24-21(28)15-7-4-8-17(19(15)22(24)29)31-12-11-30-13-14-5-2-1-3-6-14/h1-8,16H,9-13H2,(H2,23,27)(H,25,26)/t16-/m0/s1. The van der Waals surface area contributed by atoms with E-state index in [1.807, 2.05) is 30.3 Å². The van der Waals surface area contributed by atoms with Gasteiger partial charge in [-0.1, -0.05) is 36.4 Å². The number of carboxylic acids is 1. The second kappa shape index (κ2) is 9.86. The van der Waals surface area contributed by atoms with Crippen LogP contribution in [0.5, 0.6) is 5.75 Å². The molecule has 0 radical (unpaired) electrons. The van der Waals surface area contributed by atoms with E-state index in [4.69, 9.17) is 20.3 Å². The van der Waals surface area contributed by atoms with Crippen molar-refractivity contribution in [2.24, 2.45) is 5.73 Å². The summed E-state index contributed by atoms with van der Waals surface area (Å²) in [5.41, 5.74) is 6.45. The fraction of sp³-hybridized carbons (Fsp3) is 0.273. The summed E-state index contributed by atoms with van der Waals surface area (Å²) in [7, 11) is 0. The van der Waals surface area contributed by atoms with E-state index in [1.54, 1.807) is 12.1 Å². The molecule has 3 N–H and O–H groups in total. The summed E-state index contributed by atoms with van der Waals surface area (Å²) in [5, 5.41) is 8.88. The molecule has 1 atom stereocenters. The van der Waals surface area contributed by atoms with Gasteiger partial charge in [0.2, 0.25) is 5.91 Å². The third-order valence-electron chi connectivity index (χ3n) is 4.78. The molecule has 3 amide bonds. The number of nitrogens with zero attached hydrogens (tertiary/aromatic N) is 1. The molecule has 9 nitrogen and oxygen atoms in total. The topological polar surface area (TPSA) is 136 Å². The molecule has 0 fully saturated rings. The smallest absolute Gasteiger partial charge is 0.303 e. The van der Waals surface area contributed by atoms with Gasteiger partial charge in [0.25, 0.3) is 11.8 Å². The molecule has 1 heterocycles. The lowest BCUT2D eigenvalue weighted by Gasteiger charge is -2.22. The van der Waals surface area contributed by atoms with E-state index in [-0.39, 0.29) is 36.5 Å². The first-order valence-electron chi connectivity index (χ1n) is 9.66. The highest BCUT2D eigenvalue weighted by Crippen LogP contribution is 2.33. The van der Waals surface area contributed by atoms with Crippen LogP contribution in [0, 0.1) is 0 Å². The summed E-state index contributed by atoms with van der Waals surface area (Å²) in [4.78, 5) is 49.1. The van der Waals surface area contributed by atoms with Crippen molar-refractivity contribution in [3.63, 3.8) is 0 Å². The van der Waals surface area contributed by atoms with Crippen molar-refractivity contribution >= 4 is 23.7 Å². The second-order valence-electron chi connectivity index (χ2n) is 6.90. The van der Waals surface area contributed by atoms with Crippen LogP contribution in [0.3, 0.4) is 0 Å². The van der Waals surface area contributed by atoms with Gasteiger partial charge in [0.15, 0.2) is 0 Å². The predicted molar refractivity (Wildman–Crippen MR) is 108 cm³/mol. The summed E-state index contributed by atoms with van der Waals surface area (Å²) in [5.74, 6) is -3.38. The number of carboxylic acid groups (broad SMARTS) is 1. The Hall–Kier alpha value is -3.72. The first-order valence-corrected chi connectivity index (χ1v) is 9.66. The Balaban J connectivity index is 1.67. The molecule has 2 aromatic rings. The molecule has 0 saturated heterocycles. The van der Waals surface area contributed by atoms with Gasteiger partial charge in [-0.05, 0) is 24.1 Å². The maximum Gasteiger partial charge on any atom is 0.303 e. The molecular formula is C22H22N2O7. The van der Waals surface area contributed by atoms with E-state index < -0.39 is 36.2 Å². The molecule has 31 heavy (non-hydrogen) atoms. The Morgan fingerprint density at radius 2 is 1.74 bits per heavy atom. The quantitative estimate of drug-likeness (QED) is 0.411. The zero-order chi connectivity index (χ0) is 22.4. The van der Waals surface area contributed by atoms with Gasteiger partial charge in [-0.25, -0.2) is 0 Å². The number of imide groups is 1. The Morgan fingerprint density at radius 3 is 2.42 bits per heavy atom. The number of rotatable bonds is 11. The number of hydrogen-bond donors (Lipinski definition) is 2. The summed E-state index contributed by atoms with van der Waals surface area (Å²) >= 11 is 0. The molecule has 162 valence electrons. The summed E-state index contributed by atoms with van der Waals surface area (Å²) in [6.45, 7) is 0.808. The minimum atomic E-state index is -1.36. The molecule has 9 heteroatoms. The number of fused-ring (bicyclic) bond motifs is 1. The van der Waals surface area contributed by atoms with Crippen molar-refractivity contribution in [2.45, 2.75) is 25.5 Å². The lowest BCUT2D eigenvalue weighted by Crippen LogP contribution is -2.48. The average molecular weight is 426 g/mol. The number of nitrogens with two attached hydrogens (primary N) is 1. The van der Waals surface area contributed by atoms with Gasteiger partial charge in [-0.2, -0.15) is 0 Å². The van der Waals surface area contributed by atoms with E-state index in [9.17, 15) is 19.2 Å². The monoisotopic (exact) mass is 426 g/mol. The fourth-order valence-corrected chi connectivity index (χ4v) is 3.31. The highest BCUT2D eigenvalue weighted by molar-refractivity contribution is 6.24. The van der Waals surface area contributed by atoms with Crippen LogP contribution < -0.4 is 10.5 Å². The second-order valence-corrected chi connectivity index (χ2v) is 6.90. The van der Waals surface area contributed by atoms with Crippen LogP contribution in [0.25, 0.3) is 0 Å². The van der Waals surface area contributed by atoms with Crippen LogP contribution in [-0.4, -0.2) is 53.0 Å². The highest BCUT2D eigenvalue weighted by Gasteiger charge is 2.43. The molecular weight excluding hydrogens is 404 g/mol. The van der Waals surface area contributed by atoms with Gasteiger partial charge in [0.1, 0.15) is 18.4 Å². The van der Waals surface area contributed by atoms with E-state index in [1.165, 1.54) is 6.07 Å². The van der Waals surface area contributed by atoms with Crippen LogP contribution >= 0.6 is 0 Å². The highest BCUT2D eigenvalue weighted by atomic mass is 16.5. The van der Waals surface area contributed by atoms with Crippen molar-refractivity contribution in [3.05, 3.63) is 65.2 Å². The Kier molecular flexibility index (Phi) is 6.99. The van der Waals surface area contributed by atoms with Gasteiger partial charge in [0.05, 0.1) is 24.3 Å². The third-order valence-corrected chi connectivity index (χ3v) is 4.78. The Morgan fingerprint density at radius 1 is 1.00 bits per heavy atom. The normalized spacial score (nSPS) is 13.7. The molecule has 2 aromatic carbocycles. The van der Waals surface area contributed by atoms with Gasteiger partial charge in [-0.3, -0.25) is 24.1 Å². The van der Waals surface area contributed by atoms with Crippen molar-refractivity contribution in [2.75, 3.05) is 13.2 Å². The molecule has 0 bridgehead atoms. The molecule has 0 saturated carbocycles. The van der Waals surface area contributed by atoms with Gasteiger partial charge < -0.3 is 20.3 Å². The minimum Gasteiger partial charge on any atom is -0.490 e. The average Bonchev–Trinajstić information content (AvgIpc) is 3.00. The molecule has 1 aliphatic rings. The molecule has 0 spiro atoms. The third kappa shape index (κ3) is 5.07. The maximum absolute atomic E-state index is 12.9. The first kappa shape index (κ1) is 22.0. The van der Waals surface area contributed by atoms with E-state index in [0.717, 1.165) is 5.56 Å². The van der Waals surface area contributed by atoms with Crippen LogP contribution in [0.1, 0.15) is 39.1 Å². The summed E-state index contributed by atoms with van der Waals surface area (Å²) < 4.78 is 11.2. The van der Waals surface area contributed by atoms with E-state index >= 15 is 0 Å². The number of hydrogen-bond acceptors (Lipinski definition) is 6. The van der Waals surface area contributed by atoms with Gasteiger partial charge in [-0.15, -0.1) is 0 Å². The summed E-state index contributed by atoms with van der Waals surface area (Å²) in [6, 6.07) is 12.8. The van der Waals surface area contributed by atoms with E-state index in [0.29, 0.717) is 11.5 Å². The van der Waals surface area contributed by atoms with Crippen LogP contribution in [0.15, 0.2) is 48.5 Å². The van der Waals surface area contributed by atoms with Crippen molar-refractivity contribution in [1.29, 1.82) is 0 Å². The number of amides is 3. The number of benzene rings is 2. The Bertz CT molecular complexity index is 991. The van der Waals surface area contributed by atoms with Crippen molar-refractivity contribution < 1.29 is 33.8 Å². The van der Waals surface area contributed by atoms with Crippen LogP contribution in [-0.2, 0) is 20.9 Å². The molecule has 0 unspecified atom stereocenters. The zero-order valence-corrected chi connectivity index (χ0v) is 16.7. The first-order chi connectivity index (χ1) is 14.9. The predicted octanol–water partition coefficient (Wildman–Crippen LogP) is 1.60. The Labute approximate surface area is 178 Å². The van der Waals surface area contributed by atoms with Crippen molar-refractivity contribution in [3.8, 4) is 5.75 Å². The zero-order valence-electron chi connectivity index (χ0n) is 16.7. The van der Waals surface area contributed by atoms with Crippen LogP contribution in [0.4, 0.5) is 0 Å². The lowest BCUT2D eigenvalue weighted by molar-refractivity contribution is -0.137. The van der Waals surface area contributed by atoms with Gasteiger partial charge in [0, 0.05) is 6.42 Å². The SMILES string of the molecule is NC(=O)[C@H](CCC(=O)O)N1C(=O)c2cccc(OCCOCc3ccccc3)c2C1=O. The molecule has 3 rings (SSSR count). The van der Waals surface area contributed by atoms with E-state index in [2.05, 4.69) is 0 Å². The fourth-order valence-electron chi connectivity index (χ4n) is 3.31. The number of carbonyl (C=O) groups is 4. The number of ether oxygens (including phenoxy) is 2. The summed E-state index contributed by atoms with van der Waals surface area (Å²) in [6.07, 6.45) is -0.678. The lowest BCUT2D eigenvalue weighted by atomic mass is 10.1. The number of primary amides is 1. The largest absolute Gasteiger partial charge is 0.490 e. The van der Waals surface area contributed by atoms with Gasteiger partial charge >= 0.3 is 5.97 Å². The maximum atomic E-state index is 12.9. The molecule has 0 aromatic heterocycles. The molecule has 1 aliphatic heterocycles. The number of carbonyl (C=O) groups excluding carboxylic acids is 3. The molecule has 0 aliphatic carbocycles. The van der Waals surface area contributed by atoms with Crippen molar-refractivity contribution in [1.82, 2.24) is 4.90 Å².